The van der Waals surface area contributed by atoms with Gasteiger partial charge in [0.2, 0.25) is 0 Å². The van der Waals surface area contributed by atoms with Crippen LogP contribution in [0.4, 0.5) is 0 Å². The number of hydrogen-bond donors (Lipinski definition) is 2. The van der Waals surface area contributed by atoms with E-state index >= 15 is 0 Å². The maximum atomic E-state index is 11.0. The Hall–Kier alpha value is -1.06. The van der Waals surface area contributed by atoms with Crippen LogP contribution >= 0.6 is 11.6 Å². The maximum Gasteiger partial charge on any atom is 0.320 e. The van der Waals surface area contributed by atoms with Crippen molar-refractivity contribution in [3.63, 3.8) is 0 Å². The molecule has 4 heteroatoms. The van der Waals surface area contributed by atoms with Crippen molar-refractivity contribution >= 4 is 17.6 Å². The zero-order chi connectivity index (χ0) is 13.4. The van der Waals surface area contributed by atoms with Crippen LogP contribution in [0.3, 0.4) is 0 Å². The molecule has 0 heterocycles. The molecule has 0 spiro atoms. The highest BCUT2D eigenvalue weighted by Crippen LogP contribution is 2.11. The molecule has 0 radical (unpaired) electrons. The van der Waals surface area contributed by atoms with Gasteiger partial charge in [-0.25, -0.2) is 0 Å². The lowest BCUT2D eigenvalue weighted by atomic mass is 10.1. The Morgan fingerprint density at radius 2 is 2.28 bits per heavy atom. The molecule has 0 amide bonds. The molecule has 3 nitrogen and oxygen atoms in total. The van der Waals surface area contributed by atoms with E-state index in [0.717, 1.165) is 24.8 Å². The van der Waals surface area contributed by atoms with Crippen molar-refractivity contribution in [2.24, 2.45) is 0 Å². The Morgan fingerprint density at radius 1 is 1.50 bits per heavy atom. The number of hydrogen-bond acceptors (Lipinski definition) is 2. The quantitative estimate of drug-likeness (QED) is 0.762. The second-order valence-electron chi connectivity index (χ2n) is 4.37. The number of halogens is 1. The molecule has 1 rings (SSSR count). The Bertz CT molecular complexity index is 382. The number of carbonyl (C=O) groups is 1. The van der Waals surface area contributed by atoms with Gasteiger partial charge in [0.15, 0.2) is 0 Å². The van der Waals surface area contributed by atoms with Gasteiger partial charge < -0.3 is 10.4 Å². The molecule has 0 aromatic heterocycles. The summed E-state index contributed by atoms with van der Waals surface area (Å²) in [5.41, 5.74) is 1.12. The van der Waals surface area contributed by atoms with E-state index in [1.807, 2.05) is 24.3 Å². The predicted molar refractivity (Wildman–Crippen MR) is 74.1 cm³/mol. The number of carboxylic acid groups (broad SMARTS) is 1. The molecule has 18 heavy (non-hydrogen) atoms. The van der Waals surface area contributed by atoms with Crippen molar-refractivity contribution in [1.29, 1.82) is 0 Å². The smallest absolute Gasteiger partial charge is 0.320 e. The van der Waals surface area contributed by atoms with E-state index in [4.69, 9.17) is 16.7 Å². The molecule has 0 saturated carbocycles. The number of nitrogens with one attached hydrogen (secondary N) is 1. The monoisotopic (exact) mass is 269 g/mol. The number of unbranched alkanes of at least 4 members (excludes halogenated alkanes) is 1. The van der Waals surface area contributed by atoms with Gasteiger partial charge in [0, 0.05) is 5.02 Å². The third kappa shape index (κ3) is 5.52. The van der Waals surface area contributed by atoms with E-state index in [0.29, 0.717) is 18.0 Å². The van der Waals surface area contributed by atoms with Gasteiger partial charge in [0.25, 0.3) is 0 Å². The van der Waals surface area contributed by atoms with Gasteiger partial charge in [-0.05, 0) is 37.1 Å². The minimum Gasteiger partial charge on any atom is -0.480 e. The van der Waals surface area contributed by atoms with Crippen LogP contribution in [-0.4, -0.2) is 23.7 Å². The SMILES string of the molecule is CCCC[C@H](NCCc1cccc(Cl)c1)C(=O)O. The van der Waals surface area contributed by atoms with Crippen LogP contribution < -0.4 is 5.32 Å². The molecule has 0 unspecified atom stereocenters. The van der Waals surface area contributed by atoms with E-state index < -0.39 is 12.0 Å². The first-order chi connectivity index (χ1) is 8.63. The van der Waals surface area contributed by atoms with Crippen molar-refractivity contribution in [1.82, 2.24) is 5.32 Å². The van der Waals surface area contributed by atoms with E-state index in [1.165, 1.54) is 0 Å². The molecule has 1 aromatic carbocycles. The third-order valence-corrected chi connectivity index (χ3v) is 3.07. The summed E-state index contributed by atoms with van der Waals surface area (Å²) in [4.78, 5) is 11.0. The third-order valence-electron chi connectivity index (χ3n) is 2.84. The highest BCUT2D eigenvalue weighted by Gasteiger charge is 2.15. The van der Waals surface area contributed by atoms with Crippen molar-refractivity contribution < 1.29 is 9.90 Å². The summed E-state index contributed by atoms with van der Waals surface area (Å²) in [5.74, 6) is -0.769. The van der Waals surface area contributed by atoms with Gasteiger partial charge in [-0.1, -0.05) is 43.5 Å². The first kappa shape index (κ1) is 15.0. The van der Waals surface area contributed by atoms with Crippen LogP contribution in [0, 0.1) is 0 Å². The largest absolute Gasteiger partial charge is 0.480 e. The van der Waals surface area contributed by atoms with Gasteiger partial charge in [0.05, 0.1) is 0 Å². The minimum absolute atomic E-state index is 0.441. The van der Waals surface area contributed by atoms with Crippen molar-refractivity contribution in [2.45, 2.75) is 38.6 Å². The normalized spacial score (nSPS) is 12.3. The van der Waals surface area contributed by atoms with Crippen molar-refractivity contribution in [2.75, 3.05) is 6.54 Å². The zero-order valence-corrected chi connectivity index (χ0v) is 11.4. The summed E-state index contributed by atoms with van der Waals surface area (Å²) < 4.78 is 0. The fourth-order valence-corrected chi connectivity index (χ4v) is 2.02. The van der Waals surface area contributed by atoms with Gasteiger partial charge in [0.1, 0.15) is 6.04 Å². The summed E-state index contributed by atoms with van der Waals surface area (Å²) in [6.45, 7) is 2.71. The van der Waals surface area contributed by atoms with E-state index in [2.05, 4.69) is 12.2 Å². The fraction of sp³-hybridized carbons (Fsp3) is 0.500. The Labute approximate surface area is 113 Å². The summed E-state index contributed by atoms with van der Waals surface area (Å²) in [5, 5.41) is 12.9. The van der Waals surface area contributed by atoms with Crippen LogP contribution in [0.1, 0.15) is 31.7 Å². The molecule has 1 atom stereocenters. The van der Waals surface area contributed by atoms with Gasteiger partial charge in [-0.15, -0.1) is 0 Å². The summed E-state index contributed by atoms with van der Waals surface area (Å²) in [7, 11) is 0. The van der Waals surface area contributed by atoms with Crippen LogP contribution in [0.5, 0.6) is 0 Å². The maximum absolute atomic E-state index is 11.0. The first-order valence-electron chi connectivity index (χ1n) is 6.34. The molecule has 100 valence electrons. The second kappa shape index (κ2) is 8.11. The van der Waals surface area contributed by atoms with Crippen LogP contribution in [0.15, 0.2) is 24.3 Å². The van der Waals surface area contributed by atoms with Gasteiger partial charge >= 0.3 is 5.97 Å². The minimum atomic E-state index is -0.769. The van der Waals surface area contributed by atoms with Crippen LogP contribution in [0.2, 0.25) is 5.02 Å². The standard InChI is InChI=1S/C14H20ClNO2/c1-2-3-7-13(14(17)18)16-9-8-11-5-4-6-12(15)10-11/h4-6,10,13,16H,2-3,7-9H2,1H3,(H,17,18)/t13-/m0/s1. The highest BCUT2D eigenvalue weighted by molar-refractivity contribution is 6.30. The molecule has 1 aromatic rings. The molecule has 0 fully saturated rings. The van der Waals surface area contributed by atoms with Crippen molar-refractivity contribution in [3.8, 4) is 0 Å². The number of rotatable bonds is 8. The Balaban J connectivity index is 2.36. The van der Waals surface area contributed by atoms with E-state index in [-0.39, 0.29) is 0 Å². The number of aliphatic carboxylic acids is 1. The summed E-state index contributed by atoms with van der Waals surface area (Å²) in [6, 6.07) is 7.20. The van der Waals surface area contributed by atoms with Crippen LogP contribution in [0.25, 0.3) is 0 Å². The van der Waals surface area contributed by atoms with Crippen molar-refractivity contribution in [3.05, 3.63) is 34.9 Å². The van der Waals surface area contributed by atoms with Gasteiger partial charge in [-0.3, -0.25) is 4.79 Å². The fourth-order valence-electron chi connectivity index (χ4n) is 1.80. The van der Waals surface area contributed by atoms with Crippen LogP contribution in [-0.2, 0) is 11.2 Å². The number of benzene rings is 1. The lowest BCUT2D eigenvalue weighted by molar-refractivity contribution is -0.139. The highest BCUT2D eigenvalue weighted by atomic mass is 35.5. The number of carboxylic acids is 1. The Kier molecular flexibility index (Phi) is 6.76. The lowest BCUT2D eigenvalue weighted by Crippen LogP contribution is -2.37. The molecule has 0 saturated heterocycles. The molecular weight excluding hydrogens is 250 g/mol. The molecule has 0 bridgehead atoms. The molecule has 0 aliphatic rings. The molecule has 2 N–H and O–H groups in total. The summed E-state index contributed by atoms with van der Waals surface area (Å²) in [6.07, 6.45) is 3.42. The molecular formula is C14H20ClNO2. The topological polar surface area (TPSA) is 49.3 Å². The Morgan fingerprint density at radius 3 is 2.89 bits per heavy atom. The summed E-state index contributed by atoms with van der Waals surface area (Å²) >= 11 is 5.89. The van der Waals surface area contributed by atoms with E-state index in [1.54, 1.807) is 0 Å². The predicted octanol–water partition coefficient (Wildman–Crippen LogP) is 3.12. The average Bonchev–Trinajstić information content (AvgIpc) is 2.33. The zero-order valence-electron chi connectivity index (χ0n) is 10.7. The first-order valence-corrected chi connectivity index (χ1v) is 6.72. The molecule has 0 aliphatic heterocycles. The lowest BCUT2D eigenvalue weighted by Gasteiger charge is -2.13. The molecule has 0 aliphatic carbocycles. The second-order valence-corrected chi connectivity index (χ2v) is 4.80. The van der Waals surface area contributed by atoms with Gasteiger partial charge in [-0.2, -0.15) is 0 Å². The van der Waals surface area contributed by atoms with E-state index in [9.17, 15) is 4.79 Å². The average molecular weight is 270 g/mol.